The van der Waals surface area contributed by atoms with Gasteiger partial charge in [-0.05, 0) is 25.0 Å². The molecule has 0 radical (unpaired) electrons. The molecule has 1 aromatic carbocycles. The molecule has 0 aliphatic carbocycles. The average molecular weight is 234 g/mol. The van der Waals surface area contributed by atoms with Crippen LogP contribution in [0.15, 0.2) is 30.3 Å². The Bertz CT molecular complexity index is 333. The number of hydrogen-bond acceptors (Lipinski definition) is 3. The third kappa shape index (κ3) is 6.51. The highest BCUT2D eigenvalue weighted by Gasteiger charge is 2.03. The molecule has 0 aliphatic rings. The maximum absolute atomic E-state index is 11.4. The number of esters is 1. The van der Waals surface area contributed by atoms with E-state index >= 15 is 0 Å². The average Bonchev–Trinajstić information content (AvgIpc) is 2.35. The van der Waals surface area contributed by atoms with Crippen molar-refractivity contribution in [2.75, 3.05) is 0 Å². The van der Waals surface area contributed by atoms with Crippen molar-refractivity contribution in [3.8, 4) is 5.75 Å². The van der Waals surface area contributed by atoms with Crippen molar-refractivity contribution in [2.24, 2.45) is 0 Å². The normalized spacial score (nSPS) is 9.88. The van der Waals surface area contributed by atoms with Crippen molar-refractivity contribution in [1.82, 2.24) is 0 Å². The zero-order valence-electron chi connectivity index (χ0n) is 9.93. The quantitative estimate of drug-likeness (QED) is 0.300. The van der Waals surface area contributed by atoms with Crippen molar-refractivity contribution >= 4 is 12.3 Å². The van der Waals surface area contributed by atoms with Gasteiger partial charge in [0.2, 0.25) is 0 Å². The van der Waals surface area contributed by atoms with Gasteiger partial charge in [-0.25, -0.2) is 0 Å². The number of ether oxygens (including phenoxy) is 1. The van der Waals surface area contributed by atoms with Gasteiger partial charge in [0, 0.05) is 12.8 Å². The van der Waals surface area contributed by atoms with Crippen LogP contribution in [-0.4, -0.2) is 12.3 Å². The highest BCUT2D eigenvalue weighted by molar-refractivity contribution is 5.72. The standard InChI is InChI=1S/C14H18O3/c15-12-8-3-1-2-7-11-14(16)17-13-9-5-4-6-10-13/h4-6,9-10,12H,1-3,7-8,11H2. The van der Waals surface area contributed by atoms with E-state index in [0.29, 0.717) is 18.6 Å². The van der Waals surface area contributed by atoms with E-state index in [4.69, 9.17) is 4.74 Å². The molecule has 0 N–H and O–H groups in total. The SMILES string of the molecule is O=CCCCCCCC(=O)Oc1ccccc1. The minimum atomic E-state index is -0.188. The summed E-state index contributed by atoms with van der Waals surface area (Å²) in [5.74, 6) is 0.407. The number of carbonyl (C=O) groups excluding carboxylic acids is 2. The van der Waals surface area contributed by atoms with E-state index in [9.17, 15) is 9.59 Å². The van der Waals surface area contributed by atoms with Gasteiger partial charge in [0.25, 0.3) is 0 Å². The van der Waals surface area contributed by atoms with E-state index in [1.807, 2.05) is 18.2 Å². The Kier molecular flexibility index (Phi) is 6.72. The molecule has 17 heavy (non-hydrogen) atoms. The lowest BCUT2D eigenvalue weighted by molar-refractivity contribution is -0.134. The van der Waals surface area contributed by atoms with Crippen LogP contribution >= 0.6 is 0 Å². The van der Waals surface area contributed by atoms with Gasteiger partial charge in [-0.1, -0.05) is 31.0 Å². The summed E-state index contributed by atoms with van der Waals surface area (Å²) in [7, 11) is 0. The largest absolute Gasteiger partial charge is 0.427 e. The first-order valence-electron chi connectivity index (χ1n) is 6.02. The molecule has 0 aromatic heterocycles. The molecule has 0 saturated heterocycles. The summed E-state index contributed by atoms with van der Waals surface area (Å²) < 4.78 is 5.15. The molecular formula is C14H18O3. The van der Waals surface area contributed by atoms with Crippen LogP contribution in [-0.2, 0) is 9.59 Å². The molecule has 0 amide bonds. The Morgan fingerprint density at radius 3 is 2.47 bits per heavy atom. The smallest absolute Gasteiger partial charge is 0.311 e. The summed E-state index contributed by atoms with van der Waals surface area (Å²) in [6, 6.07) is 9.08. The van der Waals surface area contributed by atoms with Crippen LogP contribution in [0.5, 0.6) is 5.75 Å². The first-order valence-corrected chi connectivity index (χ1v) is 6.02. The van der Waals surface area contributed by atoms with E-state index in [0.717, 1.165) is 32.0 Å². The fourth-order valence-electron chi connectivity index (χ4n) is 1.52. The third-order valence-corrected chi connectivity index (χ3v) is 2.43. The van der Waals surface area contributed by atoms with Gasteiger partial charge in [0.1, 0.15) is 12.0 Å². The zero-order valence-corrected chi connectivity index (χ0v) is 9.93. The molecule has 0 unspecified atom stereocenters. The summed E-state index contributed by atoms with van der Waals surface area (Å²) in [5.41, 5.74) is 0. The maximum Gasteiger partial charge on any atom is 0.311 e. The molecule has 3 heteroatoms. The molecule has 0 atom stereocenters. The molecule has 0 fully saturated rings. The Balaban J connectivity index is 2.07. The second kappa shape index (κ2) is 8.50. The lowest BCUT2D eigenvalue weighted by Crippen LogP contribution is -2.07. The van der Waals surface area contributed by atoms with E-state index < -0.39 is 0 Å². The van der Waals surface area contributed by atoms with E-state index in [2.05, 4.69) is 0 Å². The molecule has 92 valence electrons. The number of carbonyl (C=O) groups is 2. The number of hydrogen-bond donors (Lipinski definition) is 0. The summed E-state index contributed by atoms with van der Waals surface area (Å²) >= 11 is 0. The van der Waals surface area contributed by atoms with E-state index in [-0.39, 0.29) is 5.97 Å². The second-order valence-corrected chi connectivity index (χ2v) is 3.91. The Hall–Kier alpha value is -1.64. The van der Waals surface area contributed by atoms with Crippen LogP contribution < -0.4 is 4.74 Å². The van der Waals surface area contributed by atoms with Crippen molar-refractivity contribution in [3.05, 3.63) is 30.3 Å². The van der Waals surface area contributed by atoms with Crippen LogP contribution in [0.3, 0.4) is 0 Å². The molecule has 0 spiro atoms. The van der Waals surface area contributed by atoms with E-state index in [1.165, 1.54) is 0 Å². The summed E-state index contributed by atoms with van der Waals surface area (Å²) in [4.78, 5) is 21.5. The summed E-state index contributed by atoms with van der Waals surface area (Å²) in [6.07, 6.45) is 5.70. The lowest BCUT2D eigenvalue weighted by Gasteiger charge is -2.03. The Morgan fingerprint density at radius 2 is 1.76 bits per heavy atom. The highest BCUT2D eigenvalue weighted by atomic mass is 16.5. The van der Waals surface area contributed by atoms with Crippen molar-refractivity contribution in [2.45, 2.75) is 38.5 Å². The number of rotatable bonds is 8. The summed E-state index contributed by atoms with van der Waals surface area (Å²) in [6.45, 7) is 0. The summed E-state index contributed by atoms with van der Waals surface area (Å²) in [5, 5.41) is 0. The number of para-hydroxylation sites is 1. The van der Waals surface area contributed by atoms with E-state index in [1.54, 1.807) is 12.1 Å². The predicted octanol–water partition coefficient (Wildman–Crippen LogP) is 3.13. The van der Waals surface area contributed by atoms with Gasteiger partial charge in [-0.3, -0.25) is 4.79 Å². The van der Waals surface area contributed by atoms with Crippen LogP contribution in [0.4, 0.5) is 0 Å². The number of benzene rings is 1. The van der Waals surface area contributed by atoms with Crippen LogP contribution in [0.1, 0.15) is 38.5 Å². The molecule has 0 bridgehead atoms. The highest BCUT2D eigenvalue weighted by Crippen LogP contribution is 2.11. The fourth-order valence-corrected chi connectivity index (χ4v) is 1.52. The lowest BCUT2D eigenvalue weighted by atomic mass is 10.1. The monoisotopic (exact) mass is 234 g/mol. The van der Waals surface area contributed by atoms with Gasteiger partial charge < -0.3 is 9.53 Å². The van der Waals surface area contributed by atoms with Gasteiger partial charge in [-0.2, -0.15) is 0 Å². The first-order chi connectivity index (χ1) is 8.33. The molecule has 1 rings (SSSR count). The van der Waals surface area contributed by atoms with Gasteiger partial charge >= 0.3 is 5.97 Å². The molecular weight excluding hydrogens is 216 g/mol. The van der Waals surface area contributed by atoms with Crippen LogP contribution in [0.25, 0.3) is 0 Å². The van der Waals surface area contributed by atoms with Crippen molar-refractivity contribution in [1.29, 1.82) is 0 Å². The topological polar surface area (TPSA) is 43.4 Å². The van der Waals surface area contributed by atoms with Crippen molar-refractivity contribution in [3.63, 3.8) is 0 Å². The van der Waals surface area contributed by atoms with Crippen LogP contribution in [0, 0.1) is 0 Å². The fraction of sp³-hybridized carbons (Fsp3) is 0.429. The van der Waals surface area contributed by atoms with Gasteiger partial charge in [0.15, 0.2) is 0 Å². The zero-order chi connectivity index (χ0) is 12.3. The molecule has 0 saturated carbocycles. The Morgan fingerprint density at radius 1 is 1.06 bits per heavy atom. The molecule has 0 heterocycles. The molecule has 3 nitrogen and oxygen atoms in total. The number of aldehydes is 1. The first kappa shape index (κ1) is 13.4. The number of unbranched alkanes of at least 4 members (excludes halogenated alkanes) is 4. The maximum atomic E-state index is 11.4. The molecule has 1 aromatic rings. The van der Waals surface area contributed by atoms with Crippen LogP contribution in [0.2, 0.25) is 0 Å². The third-order valence-electron chi connectivity index (χ3n) is 2.43. The Labute approximate surface area is 102 Å². The van der Waals surface area contributed by atoms with Gasteiger partial charge in [-0.15, -0.1) is 0 Å². The minimum Gasteiger partial charge on any atom is -0.427 e. The van der Waals surface area contributed by atoms with Crippen molar-refractivity contribution < 1.29 is 14.3 Å². The minimum absolute atomic E-state index is 0.188. The predicted molar refractivity (Wildman–Crippen MR) is 65.8 cm³/mol. The van der Waals surface area contributed by atoms with Gasteiger partial charge in [0.05, 0.1) is 0 Å². The molecule has 0 aliphatic heterocycles. The second-order valence-electron chi connectivity index (χ2n) is 3.91.